The maximum Gasteiger partial charge on any atom is 0.257 e. The second-order valence-electron chi connectivity index (χ2n) is 8.43. The first-order valence-corrected chi connectivity index (χ1v) is 11.7. The lowest BCUT2D eigenvalue weighted by atomic mass is 10.0. The van der Waals surface area contributed by atoms with Crippen molar-refractivity contribution in [1.82, 2.24) is 0 Å². The number of carbonyl (C=O) groups is 2. The average Bonchev–Trinajstić information content (AvgIpc) is 2.91. The van der Waals surface area contributed by atoms with Crippen LogP contribution in [0.2, 0.25) is 0 Å². The summed E-state index contributed by atoms with van der Waals surface area (Å²) >= 11 is 0. The van der Waals surface area contributed by atoms with Crippen LogP contribution in [0.4, 0.5) is 22.7 Å². The van der Waals surface area contributed by atoms with Crippen LogP contribution in [-0.2, 0) is 11.2 Å². The predicted octanol–water partition coefficient (Wildman–Crippen LogP) is 7.02. The maximum absolute atomic E-state index is 13.0. The van der Waals surface area contributed by atoms with Crippen LogP contribution in [0.15, 0.2) is 121 Å². The molecule has 0 atom stereocenters. The van der Waals surface area contributed by atoms with Gasteiger partial charge in [-0.2, -0.15) is 0 Å². The fourth-order valence-corrected chi connectivity index (χ4v) is 4.13. The van der Waals surface area contributed by atoms with Gasteiger partial charge in [0, 0.05) is 17.1 Å². The first kappa shape index (κ1) is 22.9. The van der Waals surface area contributed by atoms with E-state index in [2.05, 4.69) is 16.0 Å². The van der Waals surface area contributed by atoms with E-state index in [-0.39, 0.29) is 18.2 Å². The van der Waals surface area contributed by atoms with Crippen molar-refractivity contribution >= 4 is 45.3 Å². The number of hydrogen-bond acceptors (Lipinski definition) is 3. The largest absolute Gasteiger partial charge is 0.356 e. The van der Waals surface area contributed by atoms with Crippen molar-refractivity contribution < 1.29 is 9.59 Å². The number of rotatable bonds is 7. The molecule has 0 aliphatic heterocycles. The van der Waals surface area contributed by atoms with Crippen LogP contribution in [-0.4, -0.2) is 11.8 Å². The third-order valence-corrected chi connectivity index (χ3v) is 5.88. The van der Waals surface area contributed by atoms with E-state index in [0.29, 0.717) is 16.9 Å². The molecule has 5 aromatic carbocycles. The van der Waals surface area contributed by atoms with Crippen LogP contribution in [0.3, 0.4) is 0 Å². The highest BCUT2D eigenvalue weighted by Gasteiger charge is 2.14. The molecule has 5 rings (SSSR count). The SMILES string of the molecule is O=C(Cc1cccc2ccccc12)Nc1ccccc1C(=O)Nc1ccc(Nc2ccccc2)cc1. The van der Waals surface area contributed by atoms with Crippen molar-refractivity contribution in [2.24, 2.45) is 0 Å². The fraction of sp³-hybridized carbons (Fsp3) is 0.0323. The van der Waals surface area contributed by atoms with Gasteiger partial charge in [0.15, 0.2) is 0 Å². The molecule has 0 spiro atoms. The van der Waals surface area contributed by atoms with Gasteiger partial charge in [-0.15, -0.1) is 0 Å². The Balaban J connectivity index is 1.26. The number of fused-ring (bicyclic) bond motifs is 1. The number of anilines is 4. The second kappa shape index (κ2) is 10.6. The van der Waals surface area contributed by atoms with Crippen LogP contribution in [0, 0.1) is 0 Å². The Morgan fingerprint density at radius 2 is 1.19 bits per heavy atom. The molecule has 5 nitrogen and oxygen atoms in total. The van der Waals surface area contributed by atoms with E-state index in [9.17, 15) is 9.59 Å². The lowest BCUT2D eigenvalue weighted by molar-refractivity contribution is -0.115. The van der Waals surface area contributed by atoms with Gasteiger partial charge in [-0.25, -0.2) is 0 Å². The Hall–Kier alpha value is -4.90. The smallest absolute Gasteiger partial charge is 0.257 e. The van der Waals surface area contributed by atoms with Gasteiger partial charge in [-0.05, 0) is 64.9 Å². The third-order valence-electron chi connectivity index (χ3n) is 5.88. The van der Waals surface area contributed by atoms with Crippen molar-refractivity contribution in [2.45, 2.75) is 6.42 Å². The molecule has 5 heteroatoms. The summed E-state index contributed by atoms with van der Waals surface area (Å²) in [5, 5.41) is 11.3. The molecule has 0 aliphatic carbocycles. The number of para-hydroxylation sites is 2. The third kappa shape index (κ3) is 5.42. The van der Waals surface area contributed by atoms with Gasteiger partial charge < -0.3 is 16.0 Å². The van der Waals surface area contributed by atoms with Crippen LogP contribution < -0.4 is 16.0 Å². The topological polar surface area (TPSA) is 70.2 Å². The molecule has 0 fully saturated rings. The highest BCUT2D eigenvalue weighted by atomic mass is 16.2. The summed E-state index contributed by atoms with van der Waals surface area (Å²) in [5.74, 6) is -0.470. The second-order valence-corrected chi connectivity index (χ2v) is 8.43. The Morgan fingerprint density at radius 3 is 2.03 bits per heavy atom. The molecule has 0 heterocycles. The summed E-state index contributed by atoms with van der Waals surface area (Å²) in [5.41, 5.74) is 4.38. The summed E-state index contributed by atoms with van der Waals surface area (Å²) in [4.78, 5) is 25.9. The van der Waals surface area contributed by atoms with E-state index in [1.54, 1.807) is 24.3 Å². The molecule has 0 aliphatic rings. The minimum absolute atomic E-state index is 0.178. The number of hydrogen-bond donors (Lipinski definition) is 3. The minimum atomic E-state index is -0.292. The van der Waals surface area contributed by atoms with Crippen molar-refractivity contribution in [3.8, 4) is 0 Å². The van der Waals surface area contributed by atoms with E-state index in [4.69, 9.17) is 0 Å². The zero-order valence-electron chi connectivity index (χ0n) is 19.6. The molecule has 176 valence electrons. The summed E-state index contributed by atoms with van der Waals surface area (Å²) in [6.07, 6.45) is 0.215. The van der Waals surface area contributed by atoms with Crippen molar-refractivity contribution in [3.63, 3.8) is 0 Å². The maximum atomic E-state index is 13.0. The van der Waals surface area contributed by atoms with E-state index in [1.165, 1.54) is 0 Å². The van der Waals surface area contributed by atoms with E-state index in [1.807, 2.05) is 97.1 Å². The standard InChI is InChI=1S/C31H25N3O2/c35-30(21-23-11-8-10-22-9-4-5-14-27(22)23)34-29-16-7-6-15-28(29)31(36)33-26-19-17-25(18-20-26)32-24-12-2-1-3-13-24/h1-20,32H,21H2,(H,33,36)(H,34,35). The van der Waals surface area contributed by atoms with Crippen LogP contribution in [0.5, 0.6) is 0 Å². The zero-order valence-corrected chi connectivity index (χ0v) is 19.6. The molecule has 36 heavy (non-hydrogen) atoms. The van der Waals surface area contributed by atoms with E-state index in [0.717, 1.165) is 27.7 Å². The Labute approximate surface area is 209 Å². The van der Waals surface area contributed by atoms with E-state index < -0.39 is 0 Å². The molecule has 2 amide bonds. The summed E-state index contributed by atoms with van der Waals surface area (Å²) in [6.45, 7) is 0. The quantitative estimate of drug-likeness (QED) is 0.239. The molecule has 5 aromatic rings. The number of nitrogens with one attached hydrogen (secondary N) is 3. The number of benzene rings is 5. The normalized spacial score (nSPS) is 10.6. The van der Waals surface area contributed by atoms with Gasteiger partial charge in [0.05, 0.1) is 17.7 Å². The number of carbonyl (C=O) groups excluding carboxylic acids is 2. The van der Waals surface area contributed by atoms with Crippen LogP contribution >= 0.6 is 0 Å². The van der Waals surface area contributed by atoms with Crippen LogP contribution in [0.1, 0.15) is 15.9 Å². The molecule has 0 saturated carbocycles. The first-order chi connectivity index (χ1) is 17.7. The molecule has 3 N–H and O–H groups in total. The van der Waals surface area contributed by atoms with Gasteiger partial charge in [-0.1, -0.05) is 72.8 Å². The Kier molecular flexibility index (Phi) is 6.72. The Bertz CT molecular complexity index is 1510. The van der Waals surface area contributed by atoms with Gasteiger partial charge in [0.1, 0.15) is 0 Å². The van der Waals surface area contributed by atoms with Crippen molar-refractivity contribution in [2.75, 3.05) is 16.0 Å². The van der Waals surface area contributed by atoms with Gasteiger partial charge in [-0.3, -0.25) is 9.59 Å². The summed E-state index contributed by atoms with van der Waals surface area (Å²) in [7, 11) is 0. The van der Waals surface area contributed by atoms with Gasteiger partial charge in [0.25, 0.3) is 5.91 Å². The van der Waals surface area contributed by atoms with Crippen molar-refractivity contribution in [3.05, 3.63) is 132 Å². The molecular formula is C31H25N3O2. The Morgan fingerprint density at radius 1 is 0.556 bits per heavy atom. The molecule has 0 aromatic heterocycles. The fourth-order valence-electron chi connectivity index (χ4n) is 4.13. The van der Waals surface area contributed by atoms with E-state index >= 15 is 0 Å². The highest BCUT2D eigenvalue weighted by molar-refractivity contribution is 6.10. The lowest BCUT2D eigenvalue weighted by Gasteiger charge is -2.13. The molecule has 0 bridgehead atoms. The average molecular weight is 472 g/mol. The molecule has 0 unspecified atom stereocenters. The van der Waals surface area contributed by atoms with Crippen molar-refractivity contribution in [1.29, 1.82) is 0 Å². The monoisotopic (exact) mass is 471 g/mol. The highest BCUT2D eigenvalue weighted by Crippen LogP contribution is 2.23. The minimum Gasteiger partial charge on any atom is -0.356 e. The molecule has 0 saturated heterocycles. The number of amides is 2. The molecule has 0 radical (unpaired) electrons. The zero-order chi connectivity index (χ0) is 24.7. The predicted molar refractivity (Wildman–Crippen MR) is 147 cm³/mol. The first-order valence-electron chi connectivity index (χ1n) is 11.7. The summed E-state index contributed by atoms with van der Waals surface area (Å²) < 4.78 is 0. The van der Waals surface area contributed by atoms with Gasteiger partial charge in [0.2, 0.25) is 5.91 Å². The lowest BCUT2D eigenvalue weighted by Crippen LogP contribution is -2.19. The van der Waals surface area contributed by atoms with Crippen LogP contribution in [0.25, 0.3) is 10.8 Å². The molecular weight excluding hydrogens is 446 g/mol. The summed E-state index contributed by atoms with van der Waals surface area (Å²) in [6, 6.07) is 38.3. The van der Waals surface area contributed by atoms with Gasteiger partial charge >= 0.3 is 0 Å².